The SMILES string of the molecule is CC(=O)C(=O)N(C)CCc1ccccc1C. The molecule has 3 heteroatoms. The molecule has 0 saturated heterocycles. The molecule has 0 aromatic heterocycles. The predicted octanol–water partition coefficient (Wildman–Crippen LogP) is 1.58. The third kappa shape index (κ3) is 3.19. The zero-order valence-corrected chi connectivity index (χ0v) is 9.99. The van der Waals surface area contributed by atoms with Gasteiger partial charge in [0.25, 0.3) is 5.91 Å². The summed E-state index contributed by atoms with van der Waals surface area (Å²) < 4.78 is 0. The van der Waals surface area contributed by atoms with Crippen LogP contribution >= 0.6 is 0 Å². The van der Waals surface area contributed by atoms with Gasteiger partial charge in [0.1, 0.15) is 0 Å². The van der Waals surface area contributed by atoms with E-state index in [2.05, 4.69) is 0 Å². The van der Waals surface area contributed by atoms with Gasteiger partial charge in [-0.05, 0) is 24.5 Å². The molecule has 1 amide bonds. The highest BCUT2D eigenvalue weighted by Crippen LogP contribution is 2.08. The Bertz CT molecular complexity index is 399. The first-order valence-electron chi connectivity index (χ1n) is 5.33. The molecule has 1 aromatic carbocycles. The standard InChI is InChI=1S/C13H17NO2/c1-10-6-4-5-7-12(10)8-9-14(3)13(16)11(2)15/h4-7H,8-9H2,1-3H3. The van der Waals surface area contributed by atoms with Crippen LogP contribution in [0.15, 0.2) is 24.3 Å². The molecule has 0 saturated carbocycles. The molecule has 0 spiro atoms. The van der Waals surface area contributed by atoms with Crippen molar-refractivity contribution in [1.82, 2.24) is 4.90 Å². The van der Waals surface area contributed by atoms with Crippen LogP contribution in [0, 0.1) is 6.92 Å². The van der Waals surface area contributed by atoms with E-state index in [-0.39, 0.29) is 0 Å². The summed E-state index contributed by atoms with van der Waals surface area (Å²) in [5.41, 5.74) is 2.43. The van der Waals surface area contributed by atoms with Gasteiger partial charge in [-0.2, -0.15) is 0 Å². The summed E-state index contributed by atoms with van der Waals surface area (Å²) in [7, 11) is 1.65. The molecule has 3 nitrogen and oxygen atoms in total. The average molecular weight is 219 g/mol. The lowest BCUT2D eigenvalue weighted by Crippen LogP contribution is -2.33. The minimum absolute atomic E-state index is 0.410. The van der Waals surface area contributed by atoms with E-state index in [1.54, 1.807) is 7.05 Å². The minimum Gasteiger partial charge on any atom is -0.339 e. The molecular weight excluding hydrogens is 202 g/mol. The number of Topliss-reactive ketones (excluding diaryl/α,β-unsaturated/α-hetero) is 1. The van der Waals surface area contributed by atoms with Crippen LogP contribution in [0.2, 0.25) is 0 Å². The van der Waals surface area contributed by atoms with Crippen LogP contribution in [0.1, 0.15) is 18.1 Å². The van der Waals surface area contributed by atoms with Crippen molar-refractivity contribution in [3.63, 3.8) is 0 Å². The van der Waals surface area contributed by atoms with Gasteiger partial charge in [-0.25, -0.2) is 0 Å². The molecule has 0 atom stereocenters. The van der Waals surface area contributed by atoms with Crippen molar-refractivity contribution in [3.8, 4) is 0 Å². The molecule has 16 heavy (non-hydrogen) atoms. The number of amides is 1. The van der Waals surface area contributed by atoms with E-state index in [0.29, 0.717) is 6.54 Å². The number of nitrogens with zero attached hydrogens (tertiary/aromatic N) is 1. The molecule has 0 radical (unpaired) electrons. The summed E-state index contributed by atoms with van der Waals surface area (Å²) in [6.07, 6.45) is 0.780. The van der Waals surface area contributed by atoms with Gasteiger partial charge in [0.05, 0.1) is 0 Å². The van der Waals surface area contributed by atoms with Crippen molar-refractivity contribution in [1.29, 1.82) is 0 Å². The van der Waals surface area contributed by atoms with Gasteiger partial charge in [0.2, 0.25) is 5.78 Å². The summed E-state index contributed by atoms with van der Waals surface area (Å²) >= 11 is 0. The quantitative estimate of drug-likeness (QED) is 0.721. The molecule has 0 aliphatic carbocycles. The molecule has 1 aromatic rings. The molecule has 86 valence electrons. The number of hydrogen-bond acceptors (Lipinski definition) is 2. The van der Waals surface area contributed by atoms with E-state index in [0.717, 1.165) is 6.42 Å². The molecule has 0 fully saturated rings. The molecule has 1 rings (SSSR count). The highest BCUT2D eigenvalue weighted by Gasteiger charge is 2.13. The monoisotopic (exact) mass is 219 g/mol. The summed E-state index contributed by atoms with van der Waals surface area (Å²) in [6, 6.07) is 8.06. The van der Waals surface area contributed by atoms with Crippen molar-refractivity contribution in [3.05, 3.63) is 35.4 Å². The fraction of sp³-hybridized carbons (Fsp3) is 0.385. The van der Waals surface area contributed by atoms with Crippen LogP contribution in [0.3, 0.4) is 0 Å². The first-order chi connectivity index (χ1) is 7.52. The topological polar surface area (TPSA) is 37.4 Å². The fourth-order valence-electron chi connectivity index (χ4n) is 1.55. The fourth-order valence-corrected chi connectivity index (χ4v) is 1.55. The Hall–Kier alpha value is -1.64. The summed E-state index contributed by atoms with van der Waals surface area (Å²) in [5, 5.41) is 0. The third-order valence-electron chi connectivity index (χ3n) is 2.63. The van der Waals surface area contributed by atoms with E-state index in [4.69, 9.17) is 0 Å². The van der Waals surface area contributed by atoms with Gasteiger partial charge >= 0.3 is 0 Å². The van der Waals surface area contributed by atoms with Crippen LogP contribution in [0.5, 0.6) is 0 Å². The van der Waals surface area contributed by atoms with Crippen LogP contribution in [-0.4, -0.2) is 30.2 Å². The lowest BCUT2D eigenvalue weighted by molar-refractivity contribution is -0.142. The molecule has 0 bridgehead atoms. The Kier molecular flexibility index (Phi) is 4.23. The lowest BCUT2D eigenvalue weighted by Gasteiger charge is -2.15. The van der Waals surface area contributed by atoms with E-state index in [1.807, 2.05) is 31.2 Å². The van der Waals surface area contributed by atoms with Gasteiger partial charge in [-0.3, -0.25) is 9.59 Å². The Balaban J connectivity index is 2.55. The van der Waals surface area contributed by atoms with Gasteiger partial charge in [0, 0.05) is 20.5 Å². The van der Waals surface area contributed by atoms with Crippen LogP contribution < -0.4 is 0 Å². The van der Waals surface area contributed by atoms with Gasteiger partial charge in [-0.15, -0.1) is 0 Å². The zero-order valence-electron chi connectivity index (χ0n) is 9.99. The second kappa shape index (κ2) is 5.45. The molecule has 0 unspecified atom stereocenters. The van der Waals surface area contributed by atoms with Crippen LogP contribution in [0.4, 0.5) is 0 Å². The number of aryl methyl sites for hydroxylation is 1. The van der Waals surface area contributed by atoms with Gasteiger partial charge in [0.15, 0.2) is 0 Å². The second-order valence-electron chi connectivity index (χ2n) is 3.96. The smallest absolute Gasteiger partial charge is 0.289 e. The third-order valence-corrected chi connectivity index (χ3v) is 2.63. The molecule has 0 aliphatic rings. The maximum absolute atomic E-state index is 11.3. The maximum atomic E-state index is 11.3. The first kappa shape index (κ1) is 12.4. The number of carbonyl (C=O) groups is 2. The van der Waals surface area contributed by atoms with Crippen molar-refractivity contribution >= 4 is 11.7 Å². The highest BCUT2D eigenvalue weighted by molar-refractivity contribution is 6.34. The predicted molar refractivity (Wildman–Crippen MR) is 63.2 cm³/mol. The number of rotatable bonds is 4. The number of likely N-dealkylation sites (N-methyl/N-ethyl adjacent to an activating group) is 1. The largest absolute Gasteiger partial charge is 0.339 e. The number of ketones is 1. The average Bonchev–Trinajstić information content (AvgIpc) is 2.26. The van der Waals surface area contributed by atoms with Crippen molar-refractivity contribution in [2.24, 2.45) is 0 Å². The first-order valence-corrected chi connectivity index (χ1v) is 5.33. The van der Waals surface area contributed by atoms with E-state index < -0.39 is 11.7 Å². The molecular formula is C13H17NO2. The van der Waals surface area contributed by atoms with E-state index in [9.17, 15) is 9.59 Å². The van der Waals surface area contributed by atoms with Crippen LogP contribution in [0.25, 0.3) is 0 Å². The van der Waals surface area contributed by atoms with Crippen LogP contribution in [-0.2, 0) is 16.0 Å². The zero-order chi connectivity index (χ0) is 12.1. The Morgan fingerprint density at radius 2 is 1.88 bits per heavy atom. The molecule has 0 heterocycles. The van der Waals surface area contributed by atoms with Gasteiger partial charge in [-0.1, -0.05) is 24.3 Å². The van der Waals surface area contributed by atoms with E-state index in [1.165, 1.54) is 23.0 Å². The number of benzene rings is 1. The molecule has 0 aliphatic heterocycles. The Morgan fingerprint density at radius 3 is 2.44 bits per heavy atom. The van der Waals surface area contributed by atoms with Crippen molar-refractivity contribution < 1.29 is 9.59 Å². The molecule has 0 N–H and O–H groups in total. The summed E-state index contributed by atoms with van der Waals surface area (Å²) in [5.74, 6) is -0.833. The Morgan fingerprint density at radius 1 is 1.25 bits per heavy atom. The Labute approximate surface area is 96.1 Å². The normalized spacial score (nSPS) is 9.94. The highest BCUT2D eigenvalue weighted by atomic mass is 16.2. The lowest BCUT2D eigenvalue weighted by atomic mass is 10.1. The maximum Gasteiger partial charge on any atom is 0.289 e. The summed E-state index contributed by atoms with van der Waals surface area (Å²) in [4.78, 5) is 23.7. The second-order valence-corrected chi connectivity index (χ2v) is 3.96. The number of carbonyl (C=O) groups excluding carboxylic acids is 2. The van der Waals surface area contributed by atoms with Crippen molar-refractivity contribution in [2.45, 2.75) is 20.3 Å². The van der Waals surface area contributed by atoms with Crippen molar-refractivity contribution in [2.75, 3.05) is 13.6 Å². The minimum atomic E-state index is -0.423. The van der Waals surface area contributed by atoms with Gasteiger partial charge < -0.3 is 4.90 Å². The van der Waals surface area contributed by atoms with E-state index >= 15 is 0 Å². The number of hydrogen-bond donors (Lipinski definition) is 0. The summed E-state index contributed by atoms with van der Waals surface area (Å²) in [6.45, 7) is 3.91.